The minimum Gasteiger partial charge on any atom is -0.461 e. The minimum absolute atomic E-state index is 0.212. The van der Waals surface area contributed by atoms with Crippen molar-refractivity contribution in [2.45, 2.75) is 35.7 Å². The Morgan fingerprint density at radius 1 is 0.750 bits per heavy atom. The van der Waals surface area contributed by atoms with Gasteiger partial charge in [0.05, 0.1) is 0 Å². The molecule has 0 saturated carbocycles. The van der Waals surface area contributed by atoms with Crippen molar-refractivity contribution in [1.82, 2.24) is 10.6 Å². The highest BCUT2D eigenvalue weighted by Gasteiger charge is 2.06. The van der Waals surface area contributed by atoms with Gasteiger partial charge in [-0.3, -0.25) is 0 Å². The first-order valence-electron chi connectivity index (χ1n) is 11.6. The van der Waals surface area contributed by atoms with Crippen molar-refractivity contribution in [2.75, 3.05) is 37.8 Å². The molecule has 0 spiro atoms. The van der Waals surface area contributed by atoms with Crippen molar-refractivity contribution >= 4 is 58.7 Å². The van der Waals surface area contributed by atoms with E-state index in [1.54, 1.807) is 23.5 Å². The first-order valence-corrected chi connectivity index (χ1v) is 14.3. The van der Waals surface area contributed by atoms with Crippen molar-refractivity contribution in [3.05, 3.63) is 70.7 Å². The molecule has 2 aromatic rings. The number of hydrogen-bond donors (Lipinski definition) is 2. The van der Waals surface area contributed by atoms with Gasteiger partial charge in [0.15, 0.2) is 0 Å². The van der Waals surface area contributed by atoms with Crippen molar-refractivity contribution in [3.8, 4) is 0 Å². The van der Waals surface area contributed by atoms with Crippen LogP contribution in [0.4, 0.5) is 0 Å². The van der Waals surface area contributed by atoms with Crippen LogP contribution in [0, 0.1) is 0 Å². The molecule has 0 aromatic heterocycles. The van der Waals surface area contributed by atoms with E-state index in [0.717, 1.165) is 43.5 Å². The summed E-state index contributed by atoms with van der Waals surface area (Å²) in [5.74, 6) is 0.581. The number of thioether (sulfide) groups is 2. The van der Waals surface area contributed by atoms with Gasteiger partial charge in [0.2, 0.25) is 0 Å². The van der Waals surface area contributed by atoms with E-state index in [0.29, 0.717) is 13.1 Å². The fourth-order valence-corrected chi connectivity index (χ4v) is 4.80. The highest BCUT2D eigenvalue weighted by atomic mass is 35.5. The summed E-state index contributed by atoms with van der Waals surface area (Å²) in [6, 6.07) is 15.9. The maximum absolute atomic E-state index is 11.8. The molecule has 2 aromatic carbocycles. The van der Waals surface area contributed by atoms with E-state index in [-0.39, 0.29) is 25.3 Å². The second kappa shape index (κ2) is 17.7. The van der Waals surface area contributed by atoms with Crippen LogP contribution in [-0.4, -0.2) is 61.8 Å². The van der Waals surface area contributed by atoms with Gasteiger partial charge in [-0.15, -0.1) is 23.5 Å². The van der Waals surface area contributed by atoms with Crippen LogP contribution in [0.15, 0.2) is 70.5 Å². The van der Waals surface area contributed by atoms with Gasteiger partial charge in [0.1, 0.15) is 13.2 Å². The first kappa shape index (κ1) is 30.5. The molecule has 0 bridgehead atoms. The van der Waals surface area contributed by atoms with Crippen molar-refractivity contribution < 1.29 is 19.1 Å². The predicted octanol–water partition coefficient (Wildman–Crippen LogP) is 5.48. The molecule has 0 amide bonds. The monoisotopic (exact) mass is 570 g/mol. The lowest BCUT2D eigenvalue weighted by Gasteiger charge is -2.13. The number of carbonyl (C=O) groups excluding carboxylic acids is 2. The van der Waals surface area contributed by atoms with Crippen molar-refractivity contribution in [1.29, 1.82) is 0 Å². The summed E-state index contributed by atoms with van der Waals surface area (Å²) in [6.45, 7) is 5.59. The lowest BCUT2D eigenvalue weighted by atomic mass is 10.4. The maximum atomic E-state index is 11.8. The Morgan fingerprint density at radius 2 is 1.11 bits per heavy atom. The Kier molecular flexibility index (Phi) is 15.0. The Hall–Kier alpha value is -1.68. The van der Waals surface area contributed by atoms with Gasteiger partial charge in [-0.2, -0.15) is 0 Å². The summed E-state index contributed by atoms with van der Waals surface area (Å²) in [5.41, 5.74) is 0. The molecule has 2 rings (SSSR count). The SMILES string of the molecule is CC(CSc1ccc(Cl)cc1)NCCOC(=O)/C=C/C(=O)OCCNC(C)CSc1ccc(Cl)cc1. The zero-order valence-corrected chi connectivity index (χ0v) is 23.5. The van der Waals surface area contributed by atoms with Gasteiger partial charge in [0.25, 0.3) is 0 Å². The molecule has 2 N–H and O–H groups in total. The molecule has 6 nitrogen and oxygen atoms in total. The van der Waals surface area contributed by atoms with E-state index in [1.165, 1.54) is 0 Å². The molecule has 2 atom stereocenters. The molecule has 0 aliphatic heterocycles. The summed E-state index contributed by atoms with van der Waals surface area (Å²) >= 11 is 15.2. The highest BCUT2D eigenvalue weighted by molar-refractivity contribution is 7.99. The molecular weight excluding hydrogens is 539 g/mol. The topological polar surface area (TPSA) is 76.7 Å². The summed E-state index contributed by atoms with van der Waals surface area (Å²) in [5, 5.41) is 8.03. The van der Waals surface area contributed by atoms with E-state index in [9.17, 15) is 9.59 Å². The Labute approximate surface area is 231 Å². The Morgan fingerprint density at radius 3 is 1.47 bits per heavy atom. The summed E-state index contributed by atoms with van der Waals surface area (Å²) in [7, 11) is 0. The molecule has 2 unspecified atom stereocenters. The van der Waals surface area contributed by atoms with Gasteiger partial charge >= 0.3 is 11.9 Å². The molecule has 0 aliphatic rings. The minimum atomic E-state index is -0.581. The predicted molar refractivity (Wildman–Crippen MR) is 150 cm³/mol. The first-order chi connectivity index (χ1) is 17.3. The number of hydrogen-bond acceptors (Lipinski definition) is 8. The fourth-order valence-electron chi connectivity index (χ4n) is 2.77. The van der Waals surface area contributed by atoms with E-state index in [2.05, 4.69) is 24.5 Å². The Balaban J connectivity index is 1.47. The van der Waals surface area contributed by atoms with Crippen LogP contribution >= 0.6 is 46.7 Å². The average molecular weight is 572 g/mol. The fraction of sp³-hybridized carbons (Fsp3) is 0.385. The van der Waals surface area contributed by atoms with Crippen LogP contribution in [0.25, 0.3) is 0 Å². The summed E-state index contributed by atoms with van der Waals surface area (Å²) in [6.07, 6.45) is 2.17. The Bertz CT molecular complexity index is 882. The van der Waals surface area contributed by atoms with Gasteiger partial charge in [0, 0.05) is 68.7 Å². The number of ether oxygens (including phenoxy) is 2. The lowest BCUT2D eigenvalue weighted by Crippen LogP contribution is -2.31. The molecule has 0 radical (unpaired) electrons. The summed E-state index contributed by atoms with van der Waals surface area (Å²) in [4.78, 5) is 25.8. The van der Waals surface area contributed by atoms with Crippen LogP contribution in [0.3, 0.4) is 0 Å². The van der Waals surface area contributed by atoms with Gasteiger partial charge in [-0.25, -0.2) is 9.59 Å². The third kappa shape index (κ3) is 14.2. The van der Waals surface area contributed by atoms with Gasteiger partial charge in [-0.05, 0) is 62.4 Å². The van der Waals surface area contributed by atoms with Crippen molar-refractivity contribution in [2.24, 2.45) is 0 Å². The van der Waals surface area contributed by atoms with Gasteiger partial charge in [-0.1, -0.05) is 23.2 Å². The highest BCUT2D eigenvalue weighted by Crippen LogP contribution is 2.21. The molecule has 0 heterocycles. The number of halogens is 2. The summed E-state index contributed by atoms with van der Waals surface area (Å²) < 4.78 is 10.2. The number of carbonyl (C=O) groups is 2. The second-order valence-corrected chi connectivity index (χ2v) is 11.0. The maximum Gasteiger partial charge on any atom is 0.331 e. The largest absolute Gasteiger partial charge is 0.461 e. The van der Waals surface area contributed by atoms with E-state index in [4.69, 9.17) is 32.7 Å². The molecule has 196 valence electrons. The molecule has 0 aliphatic carbocycles. The number of esters is 2. The third-order valence-electron chi connectivity index (χ3n) is 4.66. The standard InChI is InChI=1S/C26H32Cl2N2O4S2/c1-19(17-35-23-7-3-21(27)4-8-23)29-13-15-33-25(31)11-12-26(32)34-16-14-30-20(2)18-36-24-9-5-22(28)6-10-24/h3-12,19-20,29-30H,13-18H2,1-2H3/b12-11+. The lowest BCUT2D eigenvalue weighted by molar-refractivity contribution is -0.140. The molecule has 0 saturated heterocycles. The van der Waals surface area contributed by atoms with Crippen molar-refractivity contribution in [3.63, 3.8) is 0 Å². The number of rotatable bonds is 16. The average Bonchev–Trinajstić information content (AvgIpc) is 2.87. The third-order valence-corrected chi connectivity index (χ3v) is 7.71. The zero-order chi connectivity index (χ0) is 26.2. The van der Waals surface area contributed by atoms with E-state index >= 15 is 0 Å². The molecular formula is C26H32Cl2N2O4S2. The number of benzene rings is 2. The quantitative estimate of drug-likeness (QED) is 0.119. The second-order valence-electron chi connectivity index (χ2n) is 7.91. The molecule has 36 heavy (non-hydrogen) atoms. The van der Waals surface area contributed by atoms with Crippen LogP contribution < -0.4 is 10.6 Å². The van der Waals surface area contributed by atoms with Crippen LogP contribution in [0.1, 0.15) is 13.8 Å². The van der Waals surface area contributed by atoms with Gasteiger partial charge < -0.3 is 20.1 Å². The molecule has 0 fully saturated rings. The van der Waals surface area contributed by atoms with Crippen LogP contribution in [-0.2, 0) is 19.1 Å². The van der Waals surface area contributed by atoms with Crippen LogP contribution in [0.5, 0.6) is 0 Å². The van der Waals surface area contributed by atoms with Crippen LogP contribution in [0.2, 0.25) is 10.0 Å². The van der Waals surface area contributed by atoms with E-state index < -0.39 is 11.9 Å². The number of nitrogens with one attached hydrogen (secondary N) is 2. The molecule has 10 heteroatoms. The zero-order valence-electron chi connectivity index (χ0n) is 20.4. The normalized spacial score (nSPS) is 12.9. The smallest absolute Gasteiger partial charge is 0.331 e. The van der Waals surface area contributed by atoms with E-state index in [1.807, 2.05) is 48.5 Å².